The molecule has 0 aliphatic rings. The second kappa shape index (κ2) is 11.7. The zero-order chi connectivity index (χ0) is 26.4. The highest BCUT2D eigenvalue weighted by Gasteiger charge is 2.33. The number of hydrogen-bond donors (Lipinski definition) is 1. The van der Waals surface area contributed by atoms with Gasteiger partial charge in [-0.3, -0.25) is 13.9 Å². The molecule has 0 bridgehead atoms. The van der Waals surface area contributed by atoms with Gasteiger partial charge in [-0.05, 0) is 56.4 Å². The molecule has 35 heavy (non-hydrogen) atoms. The van der Waals surface area contributed by atoms with Crippen LogP contribution in [-0.2, 0) is 26.2 Å². The maximum absolute atomic E-state index is 13.7. The predicted octanol–water partition coefficient (Wildman–Crippen LogP) is 4.30. The van der Waals surface area contributed by atoms with Gasteiger partial charge in [0.15, 0.2) is 0 Å². The molecule has 2 aromatic carbocycles. The van der Waals surface area contributed by atoms with Crippen LogP contribution in [0, 0.1) is 0 Å². The number of hydrogen-bond acceptors (Lipinski definition) is 4. The van der Waals surface area contributed by atoms with E-state index in [9.17, 15) is 18.0 Å². The molecule has 0 aliphatic heterocycles. The molecule has 0 unspecified atom stereocenters. The van der Waals surface area contributed by atoms with Crippen molar-refractivity contribution in [3.63, 3.8) is 0 Å². The van der Waals surface area contributed by atoms with Gasteiger partial charge in [-0.25, -0.2) is 8.42 Å². The minimum absolute atomic E-state index is 0.194. The Labute approximate surface area is 210 Å². The lowest BCUT2D eigenvalue weighted by Crippen LogP contribution is -2.55. The number of nitrogens with one attached hydrogen (secondary N) is 1. The van der Waals surface area contributed by atoms with Crippen LogP contribution in [0.5, 0.6) is 0 Å². The molecule has 2 aromatic rings. The summed E-state index contributed by atoms with van der Waals surface area (Å²) < 4.78 is 26.5. The first kappa shape index (κ1) is 28.4. The first-order valence-corrected chi connectivity index (χ1v) is 13.8. The van der Waals surface area contributed by atoms with E-state index in [1.54, 1.807) is 12.1 Å². The van der Waals surface area contributed by atoms with Gasteiger partial charge in [0.2, 0.25) is 21.8 Å². The van der Waals surface area contributed by atoms with Gasteiger partial charge in [0.1, 0.15) is 12.6 Å². The number of carbonyl (C=O) groups excluding carboxylic acids is 2. The number of benzene rings is 2. The van der Waals surface area contributed by atoms with Crippen molar-refractivity contribution in [2.75, 3.05) is 17.1 Å². The highest BCUT2D eigenvalue weighted by atomic mass is 32.2. The largest absolute Gasteiger partial charge is 0.350 e. The van der Waals surface area contributed by atoms with Crippen LogP contribution in [-0.4, -0.2) is 49.5 Å². The third-order valence-corrected chi connectivity index (χ3v) is 6.75. The first-order chi connectivity index (χ1) is 16.2. The van der Waals surface area contributed by atoms with Crippen molar-refractivity contribution in [3.8, 4) is 0 Å². The van der Waals surface area contributed by atoms with E-state index in [1.165, 1.54) is 4.90 Å². The lowest BCUT2D eigenvalue weighted by atomic mass is 10.0. The Morgan fingerprint density at radius 2 is 1.54 bits per heavy atom. The number of amides is 2. The lowest BCUT2D eigenvalue weighted by molar-refractivity contribution is -0.141. The van der Waals surface area contributed by atoms with Crippen LogP contribution in [0.3, 0.4) is 0 Å². The highest BCUT2D eigenvalue weighted by molar-refractivity contribution is 7.92. The molecular formula is C27H39N3O4S. The van der Waals surface area contributed by atoms with Gasteiger partial charge in [0.05, 0.1) is 11.9 Å². The second-order valence-corrected chi connectivity index (χ2v) is 12.1. The normalized spacial score (nSPS) is 12.8. The fraction of sp³-hybridized carbons (Fsp3) is 0.481. The fourth-order valence-electron chi connectivity index (χ4n) is 3.79. The predicted molar refractivity (Wildman–Crippen MR) is 142 cm³/mol. The third kappa shape index (κ3) is 8.38. The summed E-state index contributed by atoms with van der Waals surface area (Å²) in [5, 5.41) is 2.96. The van der Waals surface area contributed by atoms with Crippen LogP contribution in [0.4, 0.5) is 5.69 Å². The summed E-state index contributed by atoms with van der Waals surface area (Å²) in [6.45, 7) is 11.4. The van der Waals surface area contributed by atoms with E-state index in [1.807, 2.05) is 70.2 Å². The molecule has 0 aliphatic carbocycles. The molecule has 0 saturated heterocycles. The van der Waals surface area contributed by atoms with Gasteiger partial charge < -0.3 is 10.2 Å². The fourth-order valence-corrected chi connectivity index (χ4v) is 4.64. The minimum Gasteiger partial charge on any atom is -0.350 e. The average molecular weight is 502 g/mol. The topological polar surface area (TPSA) is 86.8 Å². The first-order valence-electron chi connectivity index (χ1n) is 12.0. The molecule has 0 aromatic heterocycles. The van der Waals surface area contributed by atoms with Gasteiger partial charge >= 0.3 is 0 Å². The van der Waals surface area contributed by atoms with Crippen molar-refractivity contribution in [1.82, 2.24) is 10.2 Å². The van der Waals surface area contributed by atoms with Gasteiger partial charge in [0, 0.05) is 12.1 Å². The van der Waals surface area contributed by atoms with Crippen LogP contribution in [0.15, 0.2) is 54.6 Å². The molecule has 8 heteroatoms. The van der Waals surface area contributed by atoms with Crippen LogP contribution in [0.1, 0.15) is 65.0 Å². The molecule has 0 saturated carbocycles. The van der Waals surface area contributed by atoms with E-state index in [0.717, 1.165) is 21.7 Å². The SMILES string of the molecule is CC[C@@H](C(=O)NC(C)(C)C)N(Cc1ccccc1)C(=O)CN(c1ccc(C(C)C)cc1)S(C)(=O)=O. The Morgan fingerprint density at radius 1 is 0.971 bits per heavy atom. The smallest absolute Gasteiger partial charge is 0.244 e. The van der Waals surface area contributed by atoms with E-state index < -0.39 is 34.1 Å². The van der Waals surface area contributed by atoms with E-state index in [2.05, 4.69) is 19.2 Å². The zero-order valence-electron chi connectivity index (χ0n) is 21.9. The maximum atomic E-state index is 13.7. The average Bonchev–Trinajstić information content (AvgIpc) is 2.76. The summed E-state index contributed by atoms with van der Waals surface area (Å²) in [5.41, 5.74) is 1.87. The van der Waals surface area contributed by atoms with Crippen molar-refractivity contribution < 1.29 is 18.0 Å². The Hall–Kier alpha value is -2.87. The van der Waals surface area contributed by atoms with Crippen molar-refractivity contribution in [2.45, 2.75) is 72.0 Å². The summed E-state index contributed by atoms with van der Waals surface area (Å²) in [6.07, 6.45) is 1.48. The number of rotatable bonds is 10. The molecule has 1 N–H and O–H groups in total. The molecule has 7 nitrogen and oxygen atoms in total. The molecule has 0 fully saturated rings. The van der Waals surface area contributed by atoms with Gasteiger partial charge in [0.25, 0.3) is 0 Å². The molecule has 0 radical (unpaired) electrons. The third-order valence-electron chi connectivity index (χ3n) is 5.61. The quantitative estimate of drug-likeness (QED) is 0.526. The lowest BCUT2D eigenvalue weighted by Gasteiger charge is -2.34. The van der Waals surface area contributed by atoms with Crippen molar-refractivity contribution in [2.24, 2.45) is 0 Å². The van der Waals surface area contributed by atoms with Gasteiger partial charge in [-0.2, -0.15) is 0 Å². The standard InChI is InChI=1S/C27H39N3O4S/c1-8-24(26(32)28-27(4,5)6)29(18-21-12-10-9-11-13-21)25(31)19-30(35(7,33)34)23-16-14-22(15-17-23)20(2)3/h9-17,20,24H,8,18-19H2,1-7H3,(H,28,32)/t24-/m0/s1. The van der Waals surface area contributed by atoms with Crippen LogP contribution in [0.25, 0.3) is 0 Å². The molecule has 2 rings (SSSR count). The number of sulfonamides is 1. The number of anilines is 1. The summed E-state index contributed by atoms with van der Waals surface area (Å²) in [7, 11) is -3.75. The molecule has 192 valence electrons. The summed E-state index contributed by atoms with van der Waals surface area (Å²) in [5.74, 6) is -0.412. The van der Waals surface area contributed by atoms with Crippen molar-refractivity contribution in [1.29, 1.82) is 0 Å². The number of nitrogens with zero attached hydrogens (tertiary/aromatic N) is 2. The van der Waals surface area contributed by atoms with E-state index in [0.29, 0.717) is 18.0 Å². The Bertz CT molecular complexity index is 1090. The summed E-state index contributed by atoms with van der Waals surface area (Å²) >= 11 is 0. The monoisotopic (exact) mass is 501 g/mol. The van der Waals surface area contributed by atoms with Gasteiger partial charge in [-0.1, -0.05) is 63.2 Å². The molecular weight excluding hydrogens is 462 g/mol. The zero-order valence-corrected chi connectivity index (χ0v) is 22.7. The molecule has 0 heterocycles. The minimum atomic E-state index is -3.75. The highest BCUT2D eigenvalue weighted by Crippen LogP contribution is 2.23. The van der Waals surface area contributed by atoms with Gasteiger partial charge in [-0.15, -0.1) is 0 Å². The number of carbonyl (C=O) groups is 2. The van der Waals surface area contributed by atoms with Crippen LogP contribution >= 0.6 is 0 Å². The van der Waals surface area contributed by atoms with Crippen LogP contribution in [0.2, 0.25) is 0 Å². The van der Waals surface area contributed by atoms with E-state index in [-0.39, 0.29) is 12.5 Å². The maximum Gasteiger partial charge on any atom is 0.244 e. The van der Waals surface area contributed by atoms with Crippen molar-refractivity contribution in [3.05, 3.63) is 65.7 Å². The summed E-state index contributed by atoms with van der Waals surface area (Å²) in [4.78, 5) is 28.3. The molecule has 2 amide bonds. The van der Waals surface area contributed by atoms with E-state index in [4.69, 9.17) is 0 Å². The Kier molecular flexibility index (Phi) is 9.49. The molecule has 1 atom stereocenters. The van der Waals surface area contributed by atoms with Crippen molar-refractivity contribution >= 4 is 27.5 Å². The van der Waals surface area contributed by atoms with Crippen LogP contribution < -0.4 is 9.62 Å². The Morgan fingerprint density at radius 3 is 2.00 bits per heavy atom. The van der Waals surface area contributed by atoms with E-state index >= 15 is 0 Å². The summed E-state index contributed by atoms with van der Waals surface area (Å²) in [6, 6.07) is 15.8. The molecule has 0 spiro atoms. The Balaban J connectivity index is 2.42. The second-order valence-electron chi connectivity index (χ2n) is 10.2.